The van der Waals surface area contributed by atoms with Crippen molar-refractivity contribution in [1.82, 2.24) is 19.7 Å². The van der Waals surface area contributed by atoms with E-state index < -0.39 is 0 Å². The van der Waals surface area contributed by atoms with Crippen LogP contribution >= 0.6 is 11.3 Å². The molecule has 1 aromatic carbocycles. The fourth-order valence-corrected chi connectivity index (χ4v) is 4.69. The first-order valence-corrected chi connectivity index (χ1v) is 10.1. The fraction of sp³-hybridized carbons (Fsp3) is 0.400. The maximum Gasteiger partial charge on any atom is 0.228 e. The quantitative estimate of drug-likeness (QED) is 0.656. The minimum atomic E-state index is 0.0980. The zero-order valence-electron chi connectivity index (χ0n) is 15.4. The van der Waals surface area contributed by atoms with Gasteiger partial charge in [-0.1, -0.05) is 30.3 Å². The third-order valence-electron chi connectivity index (χ3n) is 5.10. The van der Waals surface area contributed by atoms with Gasteiger partial charge >= 0.3 is 0 Å². The van der Waals surface area contributed by atoms with Gasteiger partial charge in [-0.05, 0) is 37.2 Å². The predicted octanol–water partition coefficient (Wildman–Crippen LogP) is 3.45. The van der Waals surface area contributed by atoms with Gasteiger partial charge < -0.3 is 0 Å². The number of hydrogen-bond donors (Lipinski definition) is 0. The summed E-state index contributed by atoms with van der Waals surface area (Å²) in [5, 5.41) is 4.88. The summed E-state index contributed by atoms with van der Waals surface area (Å²) in [6, 6.07) is 10.7. The molecule has 0 saturated carbocycles. The number of aryl methyl sites for hydroxylation is 2. The average molecular weight is 382 g/mol. The first-order valence-electron chi connectivity index (χ1n) is 9.33. The average Bonchev–Trinajstić information content (AvgIpc) is 3.37. The molecule has 4 rings (SSSR count). The molecular formula is C20H23N5OS. The lowest BCUT2D eigenvalue weighted by Gasteiger charge is -2.21. The molecule has 2 aromatic heterocycles. The third-order valence-corrected chi connectivity index (χ3v) is 6.30. The van der Waals surface area contributed by atoms with Crippen molar-refractivity contribution in [1.29, 1.82) is 0 Å². The summed E-state index contributed by atoms with van der Waals surface area (Å²) in [5.74, 6) is 0.650. The summed E-state index contributed by atoms with van der Waals surface area (Å²) in [6.45, 7) is 0.701. The number of thiazole rings is 1. The predicted molar refractivity (Wildman–Crippen MR) is 106 cm³/mol. The van der Waals surface area contributed by atoms with E-state index in [2.05, 4.69) is 40.4 Å². The molecule has 140 valence electrons. The van der Waals surface area contributed by atoms with Gasteiger partial charge in [0.15, 0.2) is 5.13 Å². The Morgan fingerprint density at radius 3 is 2.96 bits per heavy atom. The van der Waals surface area contributed by atoms with Crippen LogP contribution in [0.2, 0.25) is 0 Å². The summed E-state index contributed by atoms with van der Waals surface area (Å²) >= 11 is 1.67. The van der Waals surface area contributed by atoms with Crippen molar-refractivity contribution in [2.24, 2.45) is 0 Å². The van der Waals surface area contributed by atoms with E-state index in [0.717, 1.165) is 30.8 Å². The van der Waals surface area contributed by atoms with Crippen molar-refractivity contribution in [3.05, 3.63) is 59.1 Å². The van der Waals surface area contributed by atoms with E-state index in [1.165, 1.54) is 22.5 Å². The summed E-state index contributed by atoms with van der Waals surface area (Å²) in [6.07, 6.45) is 7.53. The highest BCUT2D eigenvalue weighted by molar-refractivity contribution is 7.15. The van der Waals surface area contributed by atoms with Crippen molar-refractivity contribution >= 4 is 22.4 Å². The number of anilines is 1. The second-order valence-corrected chi connectivity index (χ2v) is 7.99. The van der Waals surface area contributed by atoms with Crippen molar-refractivity contribution in [2.45, 2.75) is 44.6 Å². The molecule has 0 fully saturated rings. The minimum absolute atomic E-state index is 0.0980. The molecule has 0 spiro atoms. The Hall–Kier alpha value is -2.54. The van der Waals surface area contributed by atoms with Crippen LogP contribution in [0.1, 0.15) is 41.3 Å². The Morgan fingerprint density at radius 2 is 2.19 bits per heavy atom. The van der Waals surface area contributed by atoms with E-state index in [4.69, 9.17) is 4.98 Å². The molecule has 1 atom stereocenters. The molecule has 1 aliphatic rings. The van der Waals surface area contributed by atoms with Gasteiger partial charge in [-0.15, -0.1) is 11.3 Å². The first-order chi connectivity index (χ1) is 13.2. The van der Waals surface area contributed by atoms with Crippen molar-refractivity contribution in [3.63, 3.8) is 0 Å². The van der Waals surface area contributed by atoms with Gasteiger partial charge in [-0.2, -0.15) is 5.10 Å². The van der Waals surface area contributed by atoms with Gasteiger partial charge in [0.2, 0.25) is 5.91 Å². The number of rotatable bonds is 6. The van der Waals surface area contributed by atoms with Gasteiger partial charge in [0.1, 0.15) is 12.7 Å². The fourth-order valence-electron chi connectivity index (χ4n) is 3.53. The van der Waals surface area contributed by atoms with Crippen molar-refractivity contribution in [2.75, 3.05) is 11.9 Å². The molecule has 0 aliphatic heterocycles. The number of nitrogens with zero attached hydrogens (tertiary/aromatic N) is 5. The standard InChI is InChI=1S/C20H23N5OS/c1-24(19(26)8-5-11-25-14-21-13-22-25)20-23-17-10-9-16(12-18(17)27-20)15-6-3-2-4-7-15/h2-4,6-7,13-14,16H,5,8-12H2,1H3. The summed E-state index contributed by atoms with van der Waals surface area (Å²) in [4.78, 5) is 24.2. The highest BCUT2D eigenvalue weighted by Crippen LogP contribution is 2.37. The number of hydrogen-bond acceptors (Lipinski definition) is 5. The molecule has 1 aliphatic carbocycles. The normalized spacial score (nSPS) is 16.1. The molecule has 1 amide bonds. The van der Waals surface area contributed by atoms with E-state index in [-0.39, 0.29) is 5.91 Å². The Labute approximate surface area is 162 Å². The number of aromatic nitrogens is 4. The Kier molecular flexibility index (Phi) is 5.29. The minimum Gasteiger partial charge on any atom is -0.291 e. The van der Waals surface area contributed by atoms with Crippen LogP contribution in [0, 0.1) is 0 Å². The molecule has 0 radical (unpaired) electrons. The van der Waals surface area contributed by atoms with Crippen LogP contribution in [-0.2, 0) is 24.2 Å². The van der Waals surface area contributed by atoms with Crippen molar-refractivity contribution < 1.29 is 4.79 Å². The zero-order chi connectivity index (χ0) is 18.6. The largest absolute Gasteiger partial charge is 0.291 e. The summed E-state index contributed by atoms with van der Waals surface area (Å²) in [5.41, 5.74) is 2.57. The van der Waals surface area contributed by atoms with Crippen LogP contribution in [0.25, 0.3) is 0 Å². The molecule has 3 aromatic rings. The van der Waals surface area contributed by atoms with Crippen molar-refractivity contribution in [3.8, 4) is 0 Å². The molecule has 0 bridgehead atoms. The SMILES string of the molecule is CN(C(=O)CCCn1cncn1)c1nc2c(s1)CC(c1ccccc1)CC2. The Balaban J connectivity index is 1.37. The first kappa shape index (κ1) is 17.9. The number of benzene rings is 1. The van der Waals surface area contributed by atoms with Crippen LogP contribution in [0.3, 0.4) is 0 Å². The molecule has 2 heterocycles. The number of carbonyl (C=O) groups excluding carboxylic acids is 1. The lowest BCUT2D eigenvalue weighted by Crippen LogP contribution is -2.26. The van der Waals surface area contributed by atoms with Gasteiger partial charge in [-0.25, -0.2) is 9.97 Å². The van der Waals surface area contributed by atoms with Gasteiger partial charge in [0, 0.05) is 24.9 Å². The maximum absolute atomic E-state index is 12.5. The zero-order valence-corrected chi connectivity index (χ0v) is 16.2. The Morgan fingerprint density at radius 1 is 1.33 bits per heavy atom. The molecule has 0 saturated heterocycles. The second-order valence-electron chi connectivity index (χ2n) is 6.93. The highest BCUT2D eigenvalue weighted by atomic mass is 32.1. The van der Waals surface area contributed by atoms with Crippen LogP contribution in [-0.4, -0.2) is 32.7 Å². The van der Waals surface area contributed by atoms with E-state index in [0.29, 0.717) is 18.9 Å². The third kappa shape index (κ3) is 4.08. The summed E-state index contributed by atoms with van der Waals surface area (Å²) < 4.78 is 1.75. The molecule has 27 heavy (non-hydrogen) atoms. The van der Waals surface area contributed by atoms with Gasteiger partial charge in [0.05, 0.1) is 5.69 Å². The summed E-state index contributed by atoms with van der Waals surface area (Å²) in [7, 11) is 1.83. The smallest absolute Gasteiger partial charge is 0.228 e. The lowest BCUT2D eigenvalue weighted by atomic mass is 9.85. The molecule has 6 nitrogen and oxygen atoms in total. The lowest BCUT2D eigenvalue weighted by molar-refractivity contribution is -0.118. The number of fused-ring (bicyclic) bond motifs is 1. The Bertz CT molecular complexity index is 891. The van der Waals surface area contributed by atoms with E-state index in [1.807, 2.05) is 7.05 Å². The van der Waals surface area contributed by atoms with Gasteiger partial charge in [-0.3, -0.25) is 14.4 Å². The number of amides is 1. The highest BCUT2D eigenvalue weighted by Gasteiger charge is 2.25. The maximum atomic E-state index is 12.5. The van der Waals surface area contributed by atoms with E-state index in [1.54, 1.807) is 27.2 Å². The van der Waals surface area contributed by atoms with Crippen LogP contribution in [0.5, 0.6) is 0 Å². The second kappa shape index (κ2) is 8.00. The van der Waals surface area contributed by atoms with E-state index >= 15 is 0 Å². The number of carbonyl (C=O) groups is 1. The molecule has 1 unspecified atom stereocenters. The molecule has 7 heteroatoms. The monoisotopic (exact) mass is 381 g/mol. The van der Waals surface area contributed by atoms with Crippen LogP contribution in [0.15, 0.2) is 43.0 Å². The van der Waals surface area contributed by atoms with Gasteiger partial charge in [0.25, 0.3) is 0 Å². The molecule has 0 N–H and O–H groups in total. The van der Waals surface area contributed by atoms with Crippen LogP contribution in [0.4, 0.5) is 5.13 Å². The van der Waals surface area contributed by atoms with E-state index in [9.17, 15) is 4.79 Å². The molecular weight excluding hydrogens is 358 g/mol. The van der Waals surface area contributed by atoms with Crippen LogP contribution < -0.4 is 4.90 Å². The topological polar surface area (TPSA) is 63.9 Å².